The Morgan fingerprint density at radius 3 is 2.76 bits per heavy atom. The van der Waals surface area contributed by atoms with E-state index in [1.54, 1.807) is 37.3 Å². The Kier molecular flexibility index (Phi) is 6.31. The number of para-hydroxylation sites is 1. The highest BCUT2D eigenvalue weighted by Gasteiger charge is 2.18. The van der Waals surface area contributed by atoms with Crippen LogP contribution in [0.15, 0.2) is 58.2 Å². The zero-order valence-electron chi connectivity index (χ0n) is 15.4. The second-order valence-corrected chi connectivity index (χ2v) is 8.41. The van der Waals surface area contributed by atoms with Crippen LogP contribution in [0.3, 0.4) is 0 Å². The molecule has 10 heteroatoms. The van der Waals surface area contributed by atoms with Gasteiger partial charge >= 0.3 is 5.97 Å². The summed E-state index contributed by atoms with van der Waals surface area (Å²) < 4.78 is 32.0. The van der Waals surface area contributed by atoms with E-state index in [2.05, 4.69) is 14.7 Å². The van der Waals surface area contributed by atoms with Crippen LogP contribution >= 0.6 is 11.6 Å². The van der Waals surface area contributed by atoms with Gasteiger partial charge in [-0.15, -0.1) is 0 Å². The van der Waals surface area contributed by atoms with Gasteiger partial charge in [-0.25, -0.2) is 18.1 Å². The van der Waals surface area contributed by atoms with Crippen LogP contribution in [0.4, 0.5) is 0 Å². The van der Waals surface area contributed by atoms with Gasteiger partial charge in [-0.3, -0.25) is 9.59 Å². The van der Waals surface area contributed by atoms with Crippen LogP contribution < -0.4 is 10.3 Å². The second kappa shape index (κ2) is 8.73. The molecule has 0 saturated heterocycles. The molecule has 0 aliphatic carbocycles. The van der Waals surface area contributed by atoms with Crippen LogP contribution in [-0.2, 0) is 19.6 Å². The Bertz CT molecular complexity index is 1210. The molecule has 1 heterocycles. The minimum absolute atomic E-state index is 0.00433. The summed E-state index contributed by atoms with van der Waals surface area (Å²) in [5.74, 6) is -0.427. The molecule has 2 aromatic carbocycles. The Morgan fingerprint density at radius 1 is 1.24 bits per heavy atom. The van der Waals surface area contributed by atoms with Gasteiger partial charge in [0.1, 0.15) is 0 Å². The molecule has 1 aromatic heterocycles. The fourth-order valence-electron chi connectivity index (χ4n) is 2.61. The Balaban J connectivity index is 1.59. The van der Waals surface area contributed by atoms with Gasteiger partial charge < -0.3 is 9.72 Å². The third-order valence-corrected chi connectivity index (χ3v) is 5.75. The number of benzene rings is 2. The first-order chi connectivity index (χ1) is 13.8. The largest absolute Gasteiger partial charge is 0.454 e. The minimum atomic E-state index is -3.79. The van der Waals surface area contributed by atoms with Gasteiger partial charge in [-0.1, -0.05) is 29.8 Å². The summed E-state index contributed by atoms with van der Waals surface area (Å²) in [7, 11) is -3.79. The number of hydrogen-bond acceptors (Lipinski definition) is 6. The summed E-state index contributed by atoms with van der Waals surface area (Å²) in [5, 5.41) is 0.725. The number of carbonyl (C=O) groups excluding carboxylic acids is 1. The van der Waals surface area contributed by atoms with E-state index < -0.39 is 22.1 Å². The van der Waals surface area contributed by atoms with Crippen molar-refractivity contribution in [2.24, 2.45) is 0 Å². The molecule has 1 unspecified atom stereocenters. The monoisotopic (exact) mass is 435 g/mol. The van der Waals surface area contributed by atoms with E-state index >= 15 is 0 Å². The van der Waals surface area contributed by atoms with Gasteiger partial charge in [0.25, 0.3) is 5.56 Å². The average Bonchev–Trinajstić information content (AvgIpc) is 2.67. The lowest BCUT2D eigenvalue weighted by molar-refractivity contribution is -0.148. The standard InChI is InChI=1S/C19H18ClN3O5S/c1-12(18-22-16-8-3-2-7-15(16)19(25)23-18)28-17(24)9-10-21-29(26,27)14-6-4-5-13(20)11-14/h2-8,11-12,21H,9-10H2,1H3,(H,22,23,25). The van der Waals surface area contributed by atoms with Gasteiger partial charge in [0.05, 0.1) is 22.2 Å². The lowest BCUT2D eigenvalue weighted by Crippen LogP contribution is -2.27. The number of ether oxygens (including phenoxy) is 1. The highest BCUT2D eigenvalue weighted by atomic mass is 35.5. The maximum atomic E-state index is 12.2. The fraction of sp³-hybridized carbons (Fsp3) is 0.211. The van der Waals surface area contributed by atoms with Crippen molar-refractivity contribution in [3.8, 4) is 0 Å². The van der Waals surface area contributed by atoms with Gasteiger partial charge in [-0.05, 0) is 37.3 Å². The molecule has 0 amide bonds. The topological polar surface area (TPSA) is 118 Å². The number of hydrogen-bond donors (Lipinski definition) is 2. The van der Waals surface area contributed by atoms with Crippen LogP contribution in [0, 0.1) is 0 Å². The van der Waals surface area contributed by atoms with E-state index in [4.69, 9.17) is 16.3 Å². The number of halogens is 1. The van der Waals surface area contributed by atoms with Crippen LogP contribution in [0.25, 0.3) is 10.9 Å². The number of nitrogens with zero attached hydrogens (tertiary/aromatic N) is 1. The van der Waals surface area contributed by atoms with Gasteiger partial charge in [0, 0.05) is 11.6 Å². The first kappa shape index (κ1) is 21.0. The van der Waals surface area contributed by atoms with Crippen molar-refractivity contribution in [1.29, 1.82) is 0 Å². The van der Waals surface area contributed by atoms with Gasteiger partial charge in [-0.2, -0.15) is 0 Å². The van der Waals surface area contributed by atoms with E-state index in [0.717, 1.165) is 0 Å². The number of aromatic amines is 1. The summed E-state index contributed by atoms with van der Waals surface area (Å²) in [6.45, 7) is 1.42. The SMILES string of the molecule is CC(OC(=O)CCNS(=O)(=O)c1cccc(Cl)c1)c1nc2ccccc2c(=O)[nH]1. The van der Waals surface area contributed by atoms with E-state index in [9.17, 15) is 18.0 Å². The molecule has 0 fully saturated rings. The van der Waals surface area contributed by atoms with Crippen molar-refractivity contribution >= 4 is 38.5 Å². The number of rotatable bonds is 7. The zero-order valence-corrected chi connectivity index (χ0v) is 17.0. The molecule has 0 radical (unpaired) electrons. The molecule has 0 aliphatic rings. The number of sulfonamides is 1. The van der Waals surface area contributed by atoms with Gasteiger partial charge in [0.2, 0.25) is 10.0 Å². The van der Waals surface area contributed by atoms with Crippen LogP contribution in [-0.4, -0.2) is 30.9 Å². The molecule has 152 valence electrons. The van der Waals surface area contributed by atoms with Crippen molar-refractivity contribution in [3.05, 3.63) is 69.7 Å². The molecule has 3 aromatic rings. The molecule has 3 rings (SSSR count). The molecule has 0 spiro atoms. The molecule has 29 heavy (non-hydrogen) atoms. The number of fused-ring (bicyclic) bond motifs is 1. The first-order valence-electron chi connectivity index (χ1n) is 8.70. The molecule has 1 atom stereocenters. The van der Waals surface area contributed by atoms with Crippen molar-refractivity contribution in [2.75, 3.05) is 6.54 Å². The van der Waals surface area contributed by atoms with E-state index in [0.29, 0.717) is 10.9 Å². The number of aromatic nitrogens is 2. The number of nitrogens with one attached hydrogen (secondary N) is 2. The Morgan fingerprint density at radius 2 is 2.00 bits per heavy atom. The second-order valence-electron chi connectivity index (χ2n) is 6.21. The predicted molar refractivity (Wildman–Crippen MR) is 108 cm³/mol. The molecule has 0 bridgehead atoms. The van der Waals surface area contributed by atoms with Gasteiger partial charge in [0.15, 0.2) is 11.9 Å². The first-order valence-corrected chi connectivity index (χ1v) is 10.6. The number of carbonyl (C=O) groups is 1. The van der Waals surface area contributed by atoms with Crippen molar-refractivity contribution in [1.82, 2.24) is 14.7 Å². The Labute approximate surface area is 171 Å². The smallest absolute Gasteiger partial charge is 0.307 e. The van der Waals surface area contributed by atoms with Crippen LogP contribution in [0.1, 0.15) is 25.3 Å². The highest BCUT2D eigenvalue weighted by Crippen LogP contribution is 2.16. The van der Waals surface area contributed by atoms with Crippen LogP contribution in [0.5, 0.6) is 0 Å². The summed E-state index contributed by atoms with van der Waals surface area (Å²) in [4.78, 5) is 31.1. The summed E-state index contributed by atoms with van der Waals surface area (Å²) in [6.07, 6.45) is -0.994. The third kappa shape index (κ3) is 5.20. The minimum Gasteiger partial charge on any atom is -0.454 e. The molecule has 8 nitrogen and oxygen atoms in total. The highest BCUT2D eigenvalue weighted by molar-refractivity contribution is 7.89. The molecular formula is C19H18ClN3O5S. The predicted octanol–water partition coefficient (Wildman–Crippen LogP) is 2.55. The fourth-order valence-corrected chi connectivity index (χ4v) is 3.95. The van der Waals surface area contributed by atoms with Crippen molar-refractivity contribution < 1.29 is 17.9 Å². The average molecular weight is 436 g/mol. The molecular weight excluding hydrogens is 418 g/mol. The van der Waals surface area contributed by atoms with Crippen molar-refractivity contribution in [2.45, 2.75) is 24.3 Å². The maximum absolute atomic E-state index is 12.2. The zero-order chi connectivity index (χ0) is 21.0. The molecule has 0 aliphatic heterocycles. The number of H-pyrrole nitrogens is 1. The Hall–Kier alpha value is -2.75. The summed E-state index contributed by atoms with van der Waals surface area (Å²) >= 11 is 5.80. The molecule has 2 N–H and O–H groups in total. The number of esters is 1. The summed E-state index contributed by atoms with van der Waals surface area (Å²) in [6, 6.07) is 12.6. The normalized spacial score (nSPS) is 12.6. The van der Waals surface area contributed by atoms with E-state index in [1.165, 1.54) is 18.2 Å². The van der Waals surface area contributed by atoms with Crippen LogP contribution in [0.2, 0.25) is 5.02 Å². The quantitative estimate of drug-likeness (QED) is 0.550. The molecule has 0 saturated carbocycles. The lowest BCUT2D eigenvalue weighted by Gasteiger charge is -2.13. The van der Waals surface area contributed by atoms with E-state index in [1.807, 2.05) is 0 Å². The third-order valence-electron chi connectivity index (χ3n) is 4.05. The lowest BCUT2D eigenvalue weighted by atomic mass is 10.2. The maximum Gasteiger partial charge on any atom is 0.307 e. The summed E-state index contributed by atoms with van der Waals surface area (Å²) in [5.41, 5.74) is 0.159. The van der Waals surface area contributed by atoms with E-state index in [-0.39, 0.29) is 34.3 Å². The van der Waals surface area contributed by atoms with Crippen molar-refractivity contribution in [3.63, 3.8) is 0 Å².